The zero-order valence-corrected chi connectivity index (χ0v) is 9.94. The topological polar surface area (TPSA) is 64.6 Å². The standard InChI is InChI=1S/C11H17NO4/c1-8(2)12-9(11(14)16-4)6-5-7-10(13)15-3/h5-8,12H,1-4H3/b7-5+,9-6+. The summed E-state index contributed by atoms with van der Waals surface area (Å²) in [6, 6.07) is 0.0943. The molecule has 0 aliphatic carbocycles. The lowest BCUT2D eigenvalue weighted by Crippen LogP contribution is -2.27. The fraction of sp³-hybridized carbons (Fsp3) is 0.455. The van der Waals surface area contributed by atoms with E-state index < -0.39 is 11.9 Å². The molecule has 0 radical (unpaired) electrons. The molecule has 0 heterocycles. The number of hydrogen-bond donors (Lipinski definition) is 1. The summed E-state index contributed by atoms with van der Waals surface area (Å²) >= 11 is 0. The maximum Gasteiger partial charge on any atom is 0.354 e. The first-order valence-corrected chi connectivity index (χ1v) is 4.82. The highest BCUT2D eigenvalue weighted by Gasteiger charge is 2.08. The zero-order chi connectivity index (χ0) is 12.6. The van der Waals surface area contributed by atoms with E-state index in [4.69, 9.17) is 0 Å². The Morgan fingerprint density at radius 3 is 2.25 bits per heavy atom. The molecule has 1 N–H and O–H groups in total. The van der Waals surface area contributed by atoms with Gasteiger partial charge in [0.25, 0.3) is 0 Å². The first kappa shape index (κ1) is 14.2. The Kier molecular flexibility index (Phi) is 6.67. The molecule has 16 heavy (non-hydrogen) atoms. The number of allylic oxidation sites excluding steroid dienone is 2. The van der Waals surface area contributed by atoms with Crippen molar-refractivity contribution in [2.24, 2.45) is 0 Å². The van der Waals surface area contributed by atoms with E-state index in [2.05, 4.69) is 14.8 Å². The molecule has 0 aromatic rings. The normalized spacial score (nSPS) is 11.7. The van der Waals surface area contributed by atoms with Crippen molar-refractivity contribution in [1.29, 1.82) is 0 Å². The number of esters is 2. The molecule has 0 unspecified atom stereocenters. The summed E-state index contributed by atoms with van der Waals surface area (Å²) in [7, 11) is 2.58. The molecular formula is C11H17NO4. The number of carbonyl (C=O) groups is 2. The first-order chi connectivity index (χ1) is 7.51. The van der Waals surface area contributed by atoms with Gasteiger partial charge < -0.3 is 14.8 Å². The lowest BCUT2D eigenvalue weighted by molar-refractivity contribution is -0.137. The van der Waals surface area contributed by atoms with Crippen LogP contribution >= 0.6 is 0 Å². The van der Waals surface area contributed by atoms with E-state index in [1.54, 1.807) is 0 Å². The number of ether oxygens (including phenoxy) is 2. The van der Waals surface area contributed by atoms with Crippen molar-refractivity contribution in [1.82, 2.24) is 5.32 Å². The van der Waals surface area contributed by atoms with Crippen LogP contribution in [0.5, 0.6) is 0 Å². The molecule has 0 bridgehead atoms. The molecule has 0 rings (SSSR count). The molecule has 0 spiro atoms. The second-order valence-corrected chi connectivity index (χ2v) is 3.25. The molecule has 90 valence electrons. The van der Waals surface area contributed by atoms with Gasteiger partial charge in [-0.05, 0) is 19.9 Å². The molecule has 0 aliphatic heterocycles. The van der Waals surface area contributed by atoms with E-state index in [1.165, 1.54) is 32.4 Å². The summed E-state index contributed by atoms with van der Waals surface area (Å²) in [6.07, 6.45) is 4.10. The number of rotatable bonds is 5. The van der Waals surface area contributed by atoms with Gasteiger partial charge in [0.1, 0.15) is 5.70 Å². The van der Waals surface area contributed by atoms with Crippen LogP contribution in [0.4, 0.5) is 0 Å². The molecule has 0 aliphatic rings. The van der Waals surface area contributed by atoms with E-state index in [0.717, 1.165) is 0 Å². The first-order valence-electron chi connectivity index (χ1n) is 4.82. The monoisotopic (exact) mass is 227 g/mol. The van der Waals surface area contributed by atoms with Crippen molar-refractivity contribution in [3.05, 3.63) is 23.9 Å². The lowest BCUT2D eigenvalue weighted by Gasteiger charge is -2.11. The number of nitrogens with one attached hydrogen (secondary N) is 1. The third-order valence-electron chi connectivity index (χ3n) is 1.55. The van der Waals surface area contributed by atoms with E-state index >= 15 is 0 Å². The number of carbonyl (C=O) groups excluding carboxylic acids is 2. The molecular weight excluding hydrogens is 210 g/mol. The van der Waals surface area contributed by atoms with Crippen LogP contribution in [0, 0.1) is 0 Å². The van der Waals surface area contributed by atoms with E-state index in [1.807, 2.05) is 13.8 Å². The molecule has 0 atom stereocenters. The average Bonchev–Trinajstić information content (AvgIpc) is 2.25. The van der Waals surface area contributed by atoms with Crippen LogP contribution in [0.1, 0.15) is 13.8 Å². The van der Waals surface area contributed by atoms with E-state index in [9.17, 15) is 9.59 Å². The SMILES string of the molecule is COC(=O)/C=C/C=C(/NC(C)C)C(=O)OC. The van der Waals surface area contributed by atoms with Gasteiger partial charge in [-0.1, -0.05) is 6.08 Å². The van der Waals surface area contributed by atoms with Gasteiger partial charge in [0.05, 0.1) is 14.2 Å². The third kappa shape index (κ3) is 5.85. The maximum atomic E-state index is 11.3. The molecule has 5 nitrogen and oxygen atoms in total. The van der Waals surface area contributed by atoms with Gasteiger partial charge in [-0.3, -0.25) is 0 Å². The Bertz CT molecular complexity index is 305. The minimum atomic E-state index is -0.483. The summed E-state index contributed by atoms with van der Waals surface area (Å²) in [5.41, 5.74) is 0.289. The molecule has 5 heteroatoms. The smallest absolute Gasteiger partial charge is 0.354 e. The van der Waals surface area contributed by atoms with Crippen LogP contribution in [0.3, 0.4) is 0 Å². The van der Waals surface area contributed by atoms with Gasteiger partial charge >= 0.3 is 11.9 Å². The van der Waals surface area contributed by atoms with Crippen molar-refractivity contribution in [2.75, 3.05) is 14.2 Å². The predicted molar refractivity (Wildman–Crippen MR) is 59.5 cm³/mol. The fourth-order valence-electron chi connectivity index (χ4n) is 0.887. The molecule has 0 aromatic carbocycles. The number of methoxy groups -OCH3 is 2. The van der Waals surface area contributed by atoms with Crippen molar-refractivity contribution >= 4 is 11.9 Å². The Balaban J connectivity index is 4.62. The van der Waals surface area contributed by atoms with Crippen LogP contribution in [0.2, 0.25) is 0 Å². The summed E-state index contributed by atoms with van der Waals surface area (Å²) < 4.78 is 8.99. The summed E-state index contributed by atoms with van der Waals surface area (Å²) in [5.74, 6) is -0.965. The molecule has 0 fully saturated rings. The number of hydrogen-bond acceptors (Lipinski definition) is 5. The van der Waals surface area contributed by atoms with Gasteiger partial charge in [-0.25, -0.2) is 9.59 Å². The third-order valence-corrected chi connectivity index (χ3v) is 1.55. The van der Waals surface area contributed by atoms with Crippen LogP contribution in [-0.2, 0) is 19.1 Å². The van der Waals surface area contributed by atoms with Gasteiger partial charge in [0.2, 0.25) is 0 Å². The molecule has 0 saturated heterocycles. The highest BCUT2D eigenvalue weighted by molar-refractivity contribution is 5.88. The second-order valence-electron chi connectivity index (χ2n) is 3.25. The van der Waals surface area contributed by atoms with Gasteiger partial charge in [-0.2, -0.15) is 0 Å². The van der Waals surface area contributed by atoms with Crippen LogP contribution in [0.15, 0.2) is 23.9 Å². The molecule has 0 amide bonds. The second kappa shape index (κ2) is 7.50. The minimum Gasteiger partial charge on any atom is -0.466 e. The van der Waals surface area contributed by atoms with Gasteiger partial charge in [0.15, 0.2) is 0 Å². The van der Waals surface area contributed by atoms with Crippen LogP contribution in [0.25, 0.3) is 0 Å². The maximum absolute atomic E-state index is 11.3. The summed E-state index contributed by atoms with van der Waals surface area (Å²) in [5, 5.41) is 2.91. The quantitative estimate of drug-likeness (QED) is 0.427. The van der Waals surface area contributed by atoms with Crippen molar-refractivity contribution in [2.45, 2.75) is 19.9 Å². The zero-order valence-electron chi connectivity index (χ0n) is 9.94. The Morgan fingerprint density at radius 2 is 1.81 bits per heavy atom. The Morgan fingerprint density at radius 1 is 1.19 bits per heavy atom. The average molecular weight is 227 g/mol. The Labute approximate surface area is 95.1 Å². The van der Waals surface area contributed by atoms with E-state index in [0.29, 0.717) is 0 Å². The van der Waals surface area contributed by atoms with Crippen molar-refractivity contribution < 1.29 is 19.1 Å². The van der Waals surface area contributed by atoms with Crippen LogP contribution in [-0.4, -0.2) is 32.2 Å². The highest BCUT2D eigenvalue weighted by atomic mass is 16.5. The predicted octanol–water partition coefficient (Wildman–Crippen LogP) is 0.770. The van der Waals surface area contributed by atoms with E-state index in [-0.39, 0.29) is 11.7 Å². The fourth-order valence-corrected chi connectivity index (χ4v) is 0.887. The van der Waals surface area contributed by atoms with Crippen LogP contribution < -0.4 is 5.32 Å². The molecule has 0 aromatic heterocycles. The van der Waals surface area contributed by atoms with Gasteiger partial charge in [0, 0.05) is 12.1 Å². The molecule has 0 saturated carbocycles. The van der Waals surface area contributed by atoms with Gasteiger partial charge in [-0.15, -0.1) is 0 Å². The summed E-state index contributed by atoms with van der Waals surface area (Å²) in [4.78, 5) is 22.1. The minimum absolute atomic E-state index is 0.0943. The van der Waals surface area contributed by atoms with Crippen molar-refractivity contribution in [3.8, 4) is 0 Å². The highest BCUT2D eigenvalue weighted by Crippen LogP contribution is 1.96. The van der Waals surface area contributed by atoms with Crippen molar-refractivity contribution in [3.63, 3.8) is 0 Å². The largest absolute Gasteiger partial charge is 0.466 e. The summed E-state index contributed by atoms with van der Waals surface area (Å²) in [6.45, 7) is 3.78. The lowest BCUT2D eigenvalue weighted by atomic mass is 10.3. The Hall–Kier alpha value is -1.78.